The normalized spacial score (nSPS) is 11.5. The zero-order valence-corrected chi connectivity index (χ0v) is 18.7. The Balaban J connectivity index is 1.73. The third-order valence-electron chi connectivity index (χ3n) is 5.55. The van der Waals surface area contributed by atoms with Gasteiger partial charge in [-0.05, 0) is 74.7 Å². The second-order valence-corrected chi connectivity index (χ2v) is 8.04. The predicted octanol–water partition coefficient (Wildman–Crippen LogP) is 6.75. The highest BCUT2D eigenvalue weighted by Gasteiger charge is 2.25. The Morgan fingerprint density at radius 2 is 1.84 bits per heavy atom. The van der Waals surface area contributed by atoms with E-state index in [9.17, 15) is 15.2 Å². The van der Waals surface area contributed by atoms with E-state index in [0.717, 1.165) is 11.1 Å². The van der Waals surface area contributed by atoms with Crippen molar-refractivity contribution in [3.63, 3.8) is 0 Å². The summed E-state index contributed by atoms with van der Waals surface area (Å²) in [6.45, 7) is 7.26. The van der Waals surface area contributed by atoms with E-state index in [-0.39, 0.29) is 16.1 Å². The quantitative estimate of drug-likeness (QED) is 0.211. The number of nitro benzene ring substituents is 1. The van der Waals surface area contributed by atoms with Gasteiger partial charge in [-0.25, -0.2) is 4.98 Å². The van der Waals surface area contributed by atoms with Gasteiger partial charge in [-0.2, -0.15) is 0 Å². The first kappa shape index (κ1) is 21.5. The Labute approximate surface area is 189 Å². The smallest absolute Gasteiger partial charge is 0.315 e. The highest BCUT2D eigenvalue weighted by Crippen LogP contribution is 2.40. The Kier molecular flexibility index (Phi) is 5.44. The molecule has 7 nitrogen and oxygen atoms in total. The molecule has 32 heavy (non-hydrogen) atoms. The topological polar surface area (TPSA) is 102 Å². The molecule has 0 aliphatic heterocycles. The molecule has 1 aromatic heterocycles. The number of aryl methyl sites for hydroxylation is 2. The number of oxazole rings is 1. The molecule has 0 saturated carbocycles. The van der Waals surface area contributed by atoms with Crippen LogP contribution in [0.1, 0.15) is 27.8 Å². The average Bonchev–Trinajstić information content (AvgIpc) is 3.17. The molecule has 0 bridgehead atoms. The van der Waals surface area contributed by atoms with E-state index < -0.39 is 16.4 Å². The molecular weight excluding hydrogens is 430 g/mol. The second kappa shape index (κ2) is 8.09. The molecule has 162 valence electrons. The number of aliphatic imine (C=N–C) groups is 1. The van der Waals surface area contributed by atoms with E-state index in [2.05, 4.69) is 9.98 Å². The summed E-state index contributed by atoms with van der Waals surface area (Å²) >= 11 is 6.25. The summed E-state index contributed by atoms with van der Waals surface area (Å²) in [4.78, 5) is 19.7. The largest absolute Gasteiger partial charge is 0.502 e. The maximum Gasteiger partial charge on any atom is 0.315 e. The number of aromatic nitrogens is 1. The van der Waals surface area contributed by atoms with Gasteiger partial charge in [0.05, 0.1) is 15.6 Å². The zero-order chi connectivity index (χ0) is 23.2. The molecule has 0 aliphatic rings. The number of benzene rings is 3. The van der Waals surface area contributed by atoms with Crippen molar-refractivity contribution in [2.75, 3.05) is 0 Å². The van der Waals surface area contributed by atoms with Crippen molar-refractivity contribution in [1.29, 1.82) is 0 Å². The van der Waals surface area contributed by atoms with E-state index >= 15 is 0 Å². The minimum atomic E-state index is -0.650. The number of rotatable bonds is 4. The summed E-state index contributed by atoms with van der Waals surface area (Å²) in [7, 11) is 0. The van der Waals surface area contributed by atoms with Crippen molar-refractivity contribution in [3.8, 4) is 17.2 Å². The summed E-state index contributed by atoms with van der Waals surface area (Å²) in [5.41, 5.74) is 5.52. The molecule has 1 N–H and O–H groups in total. The van der Waals surface area contributed by atoms with Crippen LogP contribution in [0.2, 0.25) is 5.02 Å². The molecule has 0 saturated heterocycles. The fraction of sp³-hybridized carbons (Fsp3) is 0.167. The van der Waals surface area contributed by atoms with Crippen molar-refractivity contribution in [2.24, 2.45) is 4.99 Å². The standard InChI is InChI=1S/C24H20ClN3O4/c1-12-5-6-16(9-13(12)2)24-27-19-10-17(7-8-20(19)32-24)26-11-18-14(3)21(25)15(4)22(23(18)29)28(30)31/h5-11,29H,1-4H3. The van der Waals surface area contributed by atoms with Crippen molar-refractivity contribution in [3.05, 3.63) is 79.4 Å². The fourth-order valence-corrected chi connectivity index (χ4v) is 3.69. The van der Waals surface area contributed by atoms with Gasteiger partial charge in [0.1, 0.15) is 5.52 Å². The van der Waals surface area contributed by atoms with E-state index in [0.29, 0.717) is 28.2 Å². The molecule has 0 atom stereocenters. The van der Waals surface area contributed by atoms with Crippen LogP contribution in [0.15, 0.2) is 45.8 Å². The molecule has 8 heteroatoms. The minimum absolute atomic E-state index is 0.198. The monoisotopic (exact) mass is 449 g/mol. The first-order chi connectivity index (χ1) is 15.2. The van der Waals surface area contributed by atoms with E-state index in [1.54, 1.807) is 25.1 Å². The van der Waals surface area contributed by atoms with Crippen LogP contribution in [0.3, 0.4) is 0 Å². The van der Waals surface area contributed by atoms with Crippen LogP contribution in [0.5, 0.6) is 5.75 Å². The van der Waals surface area contributed by atoms with E-state index in [1.165, 1.54) is 18.7 Å². The summed E-state index contributed by atoms with van der Waals surface area (Å²) < 4.78 is 5.88. The van der Waals surface area contributed by atoms with E-state index in [1.807, 2.05) is 32.0 Å². The van der Waals surface area contributed by atoms with Crippen molar-refractivity contribution in [2.45, 2.75) is 27.7 Å². The SMILES string of the molecule is Cc1ccc(-c2nc3cc(N=Cc4c(C)c(Cl)c(C)c([N+](=O)[O-])c4O)ccc3o2)cc1C. The molecule has 0 unspecified atom stereocenters. The first-order valence-electron chi connectivity index (χ1n) is 9.85. The van der Waals surface area contributed by atoms with Crippen LogP contribution >= 0.6 is 11.6 Å². The fourth-order valence-electron chi connectivity index (χ4n) is 3.50. The second-order valence-electron chi connectivity index (χ2n) is 7.66. The van der Waals surface area contributed by atoms with Gasteiger partial charge in [0.15, 0.2) is 5.58 Å². The number of nitrogens with zero attached hydrogens (tertiary/aromatic N) is 3. The number of halogens is 1. The van der Waals surface area contributed by atoms with Crippen LogP contribution in [-0.4, -0.2) is 21.2 Å². The molecule has 4 rings (SSSR count). The van der Waals surface area contributed by atoms with Crippen LogP contribution in [0.25, 0.3) is 22.6 Å². The van der Waals surface area contributed by atoms with Gasteiger partial charge >= 0.3 is 5.69 Å². The van der Waals surface area contributed by atoms with Crippen molar-refractivity contribution < 1.29 is 14.4 Å². The number of fused-ring (bicyclic) bond motifs is 1. The number of hydrogen-bond donors (Lipinski definition) is 1. The Hall–Kier alpha value is -3.71. The maximum atomic E-state index is 11.4. The van der Waals surface area contributed by atoms with Crippen LogP contribution in [-0.2, 0) is 0 Å². The number of phenols is 1. The lowest BCUT2D eigenvalue weighted by Gasteiger charge is -2.10. The first-order valence-corrected chi connectivity index (χ1v) is 10.2. The number of nitro groups is 1. The summed E-state index contributed by atoms with van der Waals surface area (Å²) in [6.07, 6.45) is 1.37. The molecular formula is C24H20ClN3O4. The third kappa shape index (κ3) is 3.71. The molecule has 3 aromatic carbocycles. The molecule has 0 aliphatic carbocycles. The average molecular weight is 450 g/mol. The van der Waals surface area contributed by atoms with Crippen molar-refractivity contribution >= 4 is 40.3 Å². The van der Waals surface area contributed by atoms with Gasteiger partial charge in [-0.15, -0.1) is 0 Å². The summed E-state index contributed by atoms with van der Waals surface area (Å²) in [6, 6.07) is 11.3. The maximum absolute atomic E-state index is 11.4. The Morgan fingerprint density at radius 3 is 2.53 bits per heavy atom. The van der Waals surface area contributed by atoms with Crippen LogP contribution < -0.4 is 0 Å². The highest BCUT2D eigenvalue weighted by molar-refractivity contribution is 6.33. The van der Waals surface area contributed by atoms with Crippen LogP contribution in [0, 0.1) is 37.8 Å². The third-order valence-corrected chi connectivity index (χ3v) is 6.11. The number of phenolic OH excluding ortho intramolecular Hbond substituents is 1. The van der Waals surface area contributed by atoms with Gasteiger partial charge in [-0.1, -0.05) is 17.7 Å². The van der Waals surface area contributed by atoms with Gasteiger partial charge in [-0.3, -0.25) is 15.1 Å². The molecule has 4 aromatic rings. The number of hydrogen-bond acceptors (Lipinski definition) is 6. The van der Waals surface area contributed by atoms with Gasteiger partial charge in [0.25, 0.3) is 0 Å². The summed E-state index contributed by atoms with van der Waals surface area (Å²) in [5, 5.41) is 22.0. The number of aromatic hydroxyl groups is 1. The van der Waals surface area contributed by atoms with Gasteiger partial charge < -0.3 is 9.52 Å². The molecule has 0 fully saturated rings. The summed E-state index contributed by atoms with van der Waals surface area (Å²) in [5.74, 6) is 0.0522. The lowest BCUT2D eigenvalue weighted by atomic mass is 10.0. The molecule has 0 spiro atoms. The van der Waals surface area contributed by atoms with Gasteiger partial charge in [0, 0.05) is 22.9 Å². The Morgan fingerprint density at radius 1 is 1.09 bits per heavy atom. The highest BCUT2D eigenvalue weighted by atomic mass is 35.5. The Bertz CT molecular complexity index is 1420. The molecule has 0 amide bonds. The van der Waals surface area contributed by atoms with Crippen molar-refractivity contribution in [1.82, 2.24) is 4.98 Å². The van der Waals surface area contributed by atoms with Crippen LogP contribution in [0.4, 0.5) is 11.4 Å². The lowest BCUT2D eigenvalue weighted by Crippen LogP contribution is -1.99. The minimum Gasteiger partial charge on any atom is -0.502 e. The molecule has 1 heterocycles. The molecule has 0 radical (unpaired) electrons. The predicted molar refractivity (Wildman–Crippen MR) is 125 cm³/mol. The van der Waals surface area contributed by atoms with E-state index in [4.69, 9.17) is 16.0 Å². The van der Waals surface area contributed by atoms with Gasteiger partial charge in [0.2, 0.25) is 11.6 Å². The lowest BCUT2D eigenvalue weighted by molar-refractivity contribution is -0.386. The zero-order valence-electron chi connectivity index (χ0n) is 17.9.